The molecule has 1 fully saturated rings. The van der Waals surface area contributed by atoms with E-state index in [1.54, 1.807) is 4.90 Å². The number of rotatable bonds is 4. The van der Waals surface area contributed by atoms with Crippen molar-refractivity contribution in [2.75, 3.05) is 19.8 Å². The second-order valence-corrected chi connectivity index (χ2v) is 3.41. The van der Waals surface area contributed by atoms with Crippen LogP contribution in [0.2, 0.25) is 0 Å². The van der Waals surface area contributed by atoms with Crippen LogP contribution in [0, 0.1) is 0 Å². The van der Waals surface area contributed by atoms with Gasteiger partial charge in [-0.3, -0.25) is 9.59 Å². The summed E-state index contributed by atoms with van der Waals surface area (Å²) in [6.07, 6.45) is 1.70. The zero-order valence-electron chi connectivity index (χ0n) is 8.52. The number of amides is 1. The molecule has 15 heavy (non-hydrogen) atoms. The van der Waals surface area contributed by atoms with E-state index in [9.17, 15) is 9.59 Å². The van der Waals surface area contributed by atoms with Gasteiger partial charge in [-0.2, -0.15) is 0 Å². The van der Waals surface area contributed by atoms with Gasteiger partial charge in [0.2, 0.25) is 5.91 Å². The van der Waals surface area contributed by atoms with Gasteiger partial charge in [-0.1, -0.05) is 6.08 Å². The first-order chi connectivity index (χ1) is 7.15. The van der Waals surface area contributed by atoms with Crippen LogP contribution < -0.4 is 0 Å². The number of morpholine rings is 1. The predicted molar refractivity (Wildman–Crippen MR) is 53.4 cm³/mol. The molecule has 84 valence electrons. The fourth-order valence-corrected chi connectivity index (χ4v) is 1.59. The van der Waals surface area contributed by atoms with Crippen molar-refractivity contribution in [2.45, 2.75) is 18.9 Å². The van der Waals surface area contributed by atoms with Crippen molar-refractivity contribution < 1.29 is 19.4 Å². The zero-order valence-corrected chi connectivity index (χ0v) is 8.52. The lowest BCUT2D eigenvalue weighted by Crippen LogP contribution is -2.49. The highest BCUT2D eigenvalue weighted by Crippen LogP contribution is 2.12. The largest absolute Gasteiger partial charge is 0.481 e. The Morgan fingerprint density at radius 3 is 2.93 bits per heavy atom. The van der Waals surface area contributed by atoms with Gasteiger partial charge in [0.1, 0.15) is 0 Å². The number of carbonyl (C=O) groups excluding carboxylic acids is 1. The lowest BCUT2D eigenvalue weighted by Gasteiger charge is -2.34. The average Bonchev–Trinajstić information content (AvgIpc) is 2.18. The number of hydrogen-bond acceptors (Lipinski definition) is 3. The summed E-state index contributed by atoms with van der Waals surface area (Å²) >= 11 is 0. The smallest absolute Gasteiger partial charge is 0.305 e. The van der Waals surface area contributed by atoms with Crippen molar-refractivity contribution in [2.24, 2.45) is 0 Å². The highest BCUT2D eigenvalue weighted by molar-refractivity contribution is 5.79. The Morgan fingerprint density at radius 2 is 2.33 bits per heavy atom. The quantitative estimate of drug-likeness (QED) is 0.680. The van der Waals surface area contributed by atoms with Crippen LogP contribution in [0.3, 0.4) is 0 Å². The van der Waals surface area contributed by atoms with E-state index in [1.807, 2.05) is 0 Å². The van der Waals surface area contributed by atoms with E-state index in [-0.39, 0.29) is 24.8 Å². The van der Waals surface area contributed by atoms with Crippen LogP contribution in [0.15, 0.2) is 12.7 Å². The molecule has 1 heterocycles. The van der Waals surface area contributed by atoms with Crippen LogP contribution in [0.1, 0.15) is 12.8 Å². The van der Waals surface area contributed by atoms with Gasteiger partial charge in [-0.25, -0.2) is 0 Å². The standard InChI is InChI=1S/C10H15NO4/c1-2-3-9(12)11-4-5-15-7-8(11)6-10(13)14/h2,8H,1,3-7H2,(H,13,14). The molecule has 1 atom stereocenters. The highest BCUT2D eigenvalue weighted by Gasteiger charge is 2.28. The summed E-state index contributed by atoms with van der Waals surface area (Å²) in [5.74, 6) is -0.999. The maximum Gasteiger partial charge on any atom is 0.305 e. The van der Waals surface area contributed by atoms with Gasteiger partial charge in [0.25, 0.3) is 0 Å². The first-order valence-corrected chi connectivity index (χ1v) is 4.85. The first kappa shape index (κ1) is 11.7. The maximum atomic E-state index is 11.6. The van der Waals surface area contributed by atoms with Gasteiger partial charge in [-0.05, 0) is 0 Å². The number of hydrogen-bond donors (Lipinski definition) is 1. The fourth-order valence-electron chi connectivity index (χ4n) is 1.59. The summed E-state index contributed by atoms with van der Waals surface area (Å²) in [5, 5.41) is 8.68. The van der Waals surface area contributed by atoms with Gasteiger partial charge in [0.15, 0.2) is 0 Å². The molecule has 0 saturated carbocycles. The van der Waals surface area contributed by atoms with E-state index in [4.69, 9.17) is 9.84 Å². The van der Waals surface area contributed by atoms with E-state index >= 15 is 0 Å². The topological polar surface area (TPSA) is 66.8 Å². The molecule has 0 aliphatic carbocycles. The Hall–Kier alpha value is -1.36. The highest BCUT2D eigenvalue weighted by atomic mass is 16.5. The average molecular weight is 213 g/mol. The van der Waals surface area contributed by atoms with E-state index in [0.29, 0.717) is 19.8 Å². The van der Waals surface area contributed by atoms with E-state index in [1.165, 1.54) is 6.08 Å². The molecule has 1 aliphatic heterocycles. The molecule has 0 bridgehead atoms. The van der Waals surface area contributed by atoms with Crippen LogP contribution in [0.25, 0.3) is 0 Å². The van der Waals surface area contributed by atoms with Crippen LogP contribution in [0.4, 0.5) is 0 Å². The fraction of sp³-hybridized carbons (Fsp3) is 0.600. The summed E-state index contributed by atoms with van der Waals surface area (Å²) in [6, 6.07) is -0.344. The molecule has 1 N–H and O–H groups in total. The molecule has 1 unspecified atom stereocenters. The first-order valence-electron chi connectivity index (χ1n) is 4.85. The van der Waals surface area contributed by atoms with Crippen molar-refractivity contribution in [3.8, 4) is 0 Å². The van der Waals surface area contributed by atoms with Gasteiger partial charge in [-0.15, -0.1) is 6.58 Å². The predicted octanol–water partition coefficient (Wildman–Crippen LogP) is 0.265. The van der Waals surface area contributed by atoms with Crippen LogP contribution >= 0.6 is 0 Å². The van der Waals surface area contributed by atoms with E-state index < -0.39 is 5.97 Å². The van der Waals surface area contributed by atoms with Gasteiger partial charge < -0.3 is 14.7 Å². The molecule has 1 saturated heterocycles. The Balaban J connectivity index is 2.60. The monoisotopic (exact) mass is 213 g/mol. The molecule has 1 rings (SSSR count). The number of carboxylic acid groups (broad SMARTS) is 1. The number of ether oxygens (including phenoxy) is 1. The summed E-state index contributed by atoms with van der Waals surface area (Å²) < 4.78 is 5.16. The molecule has 5 heteroatoms. The molecule has 0 aromatic carbocycles. The van der Waals surface area contributed by atoms with Gasteiger partial charge >= 0.3 is 5.97 Å². The molecule has 0 aromatic rings. The number of carboxylic acids is 1. The Kier molecular flexibility index (Phi) is 4.30. The minimum atomic E-state index is -0.915. The summed E-state index contributed by atoms with van der Waals surface area (Å²) in [4.78, 5) is 23.7. The normalized spacial score (nSPS) is 21.1. The molecule has 1 aliphatic rings. The zero-order chi connectivity index (χ0) is 11.3. The third-order valence-electron chi connectivity index (χ3n) is 2.28. The van der Waals surface area contributed by atoms with Crippen molar-refractivity contribution in [3.05, 3.63) is 12.7 Å². The van der Waals surface area contributed by atoms with Crippen LogP contribution in [0.5, 0.6) is 0 Å². The van der Waals surface area contributed by atoms with E-state index in [0.717, 1.165) is 0 Å². The Labute approximate surface area is 88.3 Å². The molecule has 5 nitrogen and oxygen atoms in total. The third kappa shape index (κ3) is 3.36. The summed E-state index contributed by atoms with van der Waals surface area (Å²) in [7, 11) is 0. The third-order valence-corrected chi connectivity index (χ3v) is 2.28. The second-order valence-electron chi connectivity index (χ2n) is 3.41. The summed E-state index contributed by atoms with van der Waals surface area (Å²) in [5.41, 5.74) is 0. The van der Waals surface area contributed by atoms with Crippen molar-refractivity contribution in [1.82, 2.24) is 4.90 Å². The molecule has 0 aromatic heterocycles. The van der Waals surface area contributed by atoms with Crippen LogP contribution in [-0.4, -0.2) is 47.7 Å². The molecule has 0 spiro atoms. The molecule has 0 radical (unpaired) electrons. The second kappa shape index (κ2) is 5.50. The van der Waals surface area contributed by atoms with Gasteiger partial charge in [0.05, 0.1) is 25.7 Å². The SMILES string of the molecule is C=CCC(=O)N1CCOCC1CC(=O)O. The minimum absolute atomic E-state index is 0.0666. The molecular weight excluding hydrogens is 198 g/mol. The van der Waals surface area contributed by atoms with Gasteiger partial charge in [0, 0.05) is 13.0 Å². The van der Waals surface area contributed by atoms with Crippen molar-refractivity contribution in [3.63, 3.8) is 0 Å². The minimum Gasteiger partial charge on any atom is -0.481 e. The lowest BCUT2D eigenvalue weighted by atomic mass is 10.1. The Bertz CT molecular complexity index is 264. The van der Waals surface area contributed by atoms with E-state index in [2.05, 4.69) is 6.58 Å². The molecular formula is C10H15NO4. The lowest BCUT2D eigenvalue weighted by molar-refractivity contribution is -0.145. The number of carbonyl (C=O) groups is 2. The number of nitrogens with zero attached hydrogens (tertiary/aromatic N) is 1. The van der Waals surface area contributed by atoms with Crippen molar-refractivity contribution in [1.29, 1.82) is 0 Å². The Morgan fingerprint density at radius 1 is 1.60 bits per heavy atom. The number of aliphatic carboxylic acids is 1. The maximum absolute atomic E-state index is 11.6. The van der Waals surface area contributed by atoms with Crippen molar-refractivity contribution >= 4 is 11.9 Å². The molecule has 1 amide bonds. The van der Waals surface area contributed by atoms with Crippen LogP contribution in [-0.2, 0) is 14.3 Å². The summed E-state index contributed by atoms with van der Waals surface area (Å²) in [6.45, 7) is 4.72.